The van der Waals surface area contributed by atoms with Crippen molar-refractivity contribution >= 4 is 17.8 Å². The van der Waals surface area contributed by atoms with Gasteiger partial charge in [-0.2, -0.15) is 0 Å². The summed E-state index contributed by atoms with van der Waals surface area (Å²) in [4.78, 5) is 18.8. The van der Waals surface area contributed by atoms with E-state index in [0.717, 1.165) is 42.6 Å². The zero-order valence-electron chi connectivity index (χ0n) is 26.6. The number of halogens is 1. The Hall–Kier alpha value is -2.95. The Morgan fingerprint density at radius 3 is 2.21 bits per heavy atom. The number of anilines is 1. The Kier molecular flexibility index (Phi) is 14.3. The van der Waals surface area contributed by atoms with E-state index in [9.17, 15) is 9.18 Å². The number of unbranched alkanes of at least 4 members (excludes halogenated alkanes) is 11. The average molecular weight is 577 g/mol. The number of hydrogen-bond donors (Lipinski definition) is 0. The van der Waals surface area contributed by atoms with Gasteiger partial charge in [0.1, 0.15) is 0 Å². The van der Waals surface area contributed by atoms with Crippen LogP contribution in [0.2, 0.25) is 0 Å². The van der Waals surface area contributed by atoms with Gasteiger partial charge in [-0.15, -0.1) is 0 Å². The van der Waals surface area contributed by atoms with E-state index >= 15 is 0 Å². The third-order valence-corrected chi connectivity index (χ3v) is 8.61. The summed E-state index contributed by atoms with van der Waals surface area (Å²) in [6.07, 6.45) is 20.2. The second kappa shape index (κ2) is 17.9. The van der Waals surface area contributed by atoms with Crippen LogP contribution >= 0.6 is 0 Å². The van der Waals surface area contributed by atoms with Gasteiger partial charge >= 0.3 is 0 Å². The van der Waals surface area contributed by atoms with Crippen LogP contribution in [-0.2, 0) is 17.8 Å². The maximum Gasteiger partial charge on any atom is 0.224 e. The van der Waals surface area contributed by atoms with Crippen LogP contribution in [0, 0.1) is 11.2 Å². The molecule has 230 valence electrons. The minimum absolute atomic E-state index is 0.0410. The second-order valence-corrected chi connectivity index (χ2v) is 12.4. The Morgan fingerprint density at radius 2 is 1.60 bits per heavy atom. The predicted octanol–water partition coefficient (Wildman–Crippen LogP) is 10.0. The van der Waals surface area contributed by atoms with Gasteiger partial charge in [-0.1, -0.05) is 108 Å². The summed E-state index contributed by atoms with van der Waals surface area (Å²) < 4.78 is 20.7. The molecule has 5 heteroatoms. The molecule has 0 bridgehead atoms. The van der Waals surface area contributed by atoms with Crippen molar-refractivity contribution in [1.82, 2.24) is 0 Å². The number of aliphatic imine (C=N–C) groups is 1. The zero-order valence-corrected chi connectivity index (χ0v) is 26.6. The molecule has 42 heavy (non-hydrogen) atoms. The fourth-order valence-corrected chi connectivity index (χ4v) is 5.68. The Bertz CT molecular complexity index is 1170. The van der Waals surface area contributed by atoms with Crippen molar-refractivity contribution in [2.45, 2.75) is 118 Å². The number of ether oxygens (including phenoxy) is 1. The van der Waals surface area contributed by atoms with Crippen LogP contribution in [0.1, 0.15) is 116 Å². The molecule has 0 fully saturated rings. The molecule has 2 aromatic rings. The molecule has 4 nitrogen and oxygen atoms in total. The molecule has 0 radical (unpaired) electrons. The lowest BCUT2D eigenvalue weighted by Gasteiger charge is -2.31. The van der Waals surface area contributed by atoms with Crippen molar-refractivity contribution in [2.75, 3.05) is 18.1 Å². The van der Waals surface area contributed by atoms with Gasteiger partial charge in [0.15, 0.2) is 11.6 Å². The van der Waals surface area contributed by atoms with E-state index in [4.69, 9.17) is 4.74 Å². The maximum atomic E-state index is 14.9. The van der Waals surface area contributed by atoms with Gasteiger partial charge in [-0.3, -0.25) is 9.79 Å². The Labute approximate surface area is 254 Å². The summed E-state index contributed by atoms with van der Waals surface area (Å²) in [7, 11) is 0. The summed E-state index contributed by atoms with van der Waals surface area (Å²) in [5.41, 5.74) is 3.97. The topological polar surface area (TPSA) is 41.9 Å². The lowest BCUT2D eigenvalue weighted by molar-refractivity contribution is -0.116. The van der Waals surface area contributed by atoms with E-state index in [1.807, 2.05) is 24.4 Å². The number of amides is 1. The fraction of sp³-hybridized carbons (Fsp3) is 0.568. The molecule has 0 saturated carbocycles. The van der Waals surface area contributed by atoms with Crippen molar-refractivity contribution in [3.63, 3.8) is 0 Å². The summed E-state index contributed by atoms with van der Waals surface area (Å²) in [6.45, 7) is 9.78. The molecule has 1 unspecified atom stereocenters. The van der Waals surface area contributed by atoms with Crippen LogP contribution in [-0.4, -0.2) is 25.3 Å². The van der Waals surface area contributed by atoms with E-state index < -0.39 is 0 Å². The van der Waals surface area contributed by atoms with Crippen LogP contribution in [0.25, 0.3) is 0 Å². The van der Waals surface area contributed by atoms with Crippen LogP contribution in [0.15, 0.2) is 59.1 Å². The lowest BCUT2D eigenvalue weighted by Crippen LogP contribution is -2.29. The van der Waals surface area contributed by atoms with Gasteiger partial charge in [0.05, 0.1) is 13.2 Å². The molecule has 1 atom stereocenters. The molecular weight excluding hydrogens is 523 g/mol. The van der Waals surface area contributed by atoms with E-state index in [0.29, 0.717) is 13.2 Å². The van der Waals surface area contributed by atoms with Crippen molar-refractivity contribution in [1.29, 1.82) is 0 Å². The molecular formula is C37H53FN2O2. The van der Waals surface area contributed by atoms with E-state index in [2.05, 4.69) is 44.0 Å². The van der Waals surface area contributed by atoms with Gasteiger partial charge in [-0.25, -0.2) is 4.39 Å². The number of allylic oxidation sites excluding steroid dienone is 1. The minimum atomic E-state index is -0.378. The minimum Gasteiger partial charge on any atom is -0.491 e. The first-order valence-electron chi connectivity index (χ1n) is 16.3. The van der Waals surface area contributed by atoms with Crippen LogP contribution in [0.3, 0.4) is 0 Å². The SMILES string of the molecule is CCCCCCCCCCCCCCOc1ccc(CN(C(C)=O)c2cccc(CC3(C)CN=CC=C3C)c2)cc1F. The molecule has 0 N–H and O–H groups in total. The molecule has 0 aliphatic carbocycles. The van der Waals surface area contributed by atoms with Crippen LogP contribution in [0.5, 0.6) is 5.75 Å². The normalized spacial score (nSPS) is 16.4. The number of dihydropyridines is 1. The zero-order chi connectivity index (χ0) is 30.2. The fourth-order valence-electron chi connectivity index (χ4n) is 5.68. The van der Waals surface area contributed by atoms with Crippen molar-refractivity contribution in [3.8, 4) is 5.75 Å². The first-order chi connectivity index (χ1) is 20.3. The van der Waals surface area contributed by atoms with Gasteiger partial charge < -0.3 is 9.64 Å². The number of benzene rings is 2. The Morgan fingerprint density at radius 1 is 0.929 bits per heavy atom. The number of carbonyl (C=O) groups excluding carboxylic acids is 1. The van der Waals surface area contributed by atoms with E-state index in [-0.39, 0.29) is 22.9 Å². The standard InChI is InChI=1S/C37H53FN2O2/c1-5-6-7-8-9-10-11-12-13-14-15-16-24-42-36-21-20-33(26-35(36)38)28-40(31(3)41)34-19-17-18-32(25-34)27-37(4)29-39-23-22-30(37)2/h17-23,25-26H,5-16,24,27-29H2,1-4H3. The Balaban J connectivity index is 1.43. The van der Waals surface area contributed by atoms with Gasteiger partial charge in [0.25, 0.3) is 0 Å². The summed E-state index contributed by atoms with van der Waals surface area (Å²) in [5.74, 6) is -0.175. The quantitative estimate of drug-likeness (QED) is 0.156. The molecule has 0 aromatic heterocycles. The highest BCUT2D eigenvalue weighted by atomic mass is 19.1. The largest absolute Gasteiger partial charge is 0.491 e. The first kappa shape index (κ1) is 33.6. The molecule has 0 spiro atoms. The summed E-state index contributed by atoms with van der Waals surface area (Å²) in [6, 6.07) is 13.1. The van der Waals surface area contributed by atoms with Gasteiger partial charge in [0, 0.05) is 30.8 Å². The summed E-state index contributed by atoms with van der Waals surface area (Å²) in [5, 5.41) is 0. The number of rotatable bonds is 19. The summed E-state index contributed by atoms with van der Waals surface area (Å²) >= 11 is 0. The molecule has 0 saturated heterocycles. The maximum absolute atomic E-state index is 14.9. The highest BCUT2D eigenvalue weighted by Crippen LogP contribution is 2.34. The third kappa shape index (κ3) is 11.0. The highest BCUT2D eigenvalue weighted by molar-refractivity contribution is 5.91. The first-order valence-corrected chi connectivity index (χ1v) is 16.3. The highest BCUT2D eigenvalue weighted by Gasteiger charge is 2.28. The molecule has 1 aliphatic rings. The number of nitrogens with zero attached hydrogens (tertiary/aromatic N) is 2. The third-order valence-electron chi connectivity index (χ3n) is 8.61. The van der Waals surface area contributed by atoms with Gasteiger partial charge in [-0.05, 0) is 61.2 Å². The number of carbonyl (C=O) groups is 1. The number of hydrogen-bond acceptors (Lipinski definition) is 3. The van der Waals surface area contributed by atoms with Crippen LogP contribution < -0.4 is 9.64 Å². The smallest absolute Gasteiger partial charge is 0.224 e. The predicted molar refractivity (Wildman–Crippen MR) is 175 cm³/mol. The lowest BCUT2D eigenvalue weighted by atomic mass is 9.76. The van der Waals surface area contributed by atoms with Gasteiger partial charge in [0.2, 0.25) is 5.91 Å². The molecule has 1 heterocycles. The molecule has 2 aromatic carbocycles. The molecule has 1 amide bonds. The molecule has 1 aliphatic heterocycles. The second-order valence-electron chi connectivity index (χ2n) is 12.4. The monoisotopic (exact) mass is 576 g/mol. The van der Waals surface area contributed by atoms with Crippen LogP contribution in [0.4, 0.5) is 10.1 Å². The van der Waals surface area contributed by atoms with E-state index in [1.165, 1.54) is 75.8 Å². The average Bonchev–Trinajstić information content (AvgIpc) is 2.96. The van der Waals surface area contributed by atoms with E-state index in [1.54, 1.807) is 17.9 Å². The van der Waals surface area contributed by atoms with Crippen molar-refractivity contribution < 1.29 is 13.9 Å². The van der Waals surface area contributed by atoms with Crippen molar-refractivity contribution in [2.24, 2.45) is 10.4 Å². The molecule has 3 rings (SSSR count). The van der Waals surface area contributed by atoms with Crippen molar-refractivity contribution in [3.05, 3.63) is 71.1 Å².